The van der Waals surface area contributed by atoms with Crippen molar-refractivity contribution < 1.29 is 4.79 Å². The van der Waals surface area contributed by atoms with Crippen LogP contribution >= 0.6 is 34.8 Å². The molecule has 1 N–H and O–H groups in total. The Morgan fingerprint density at radius 3 is 2.42 bits per heavy atom. The lowest BCUT2D eigenvalue weighted by Gasteiger charge is -2.19. The number of nitrogens with one attached hydrogen (secondary N) is 1. The van der Waals surface area contributed by atoms with Crippen LogP contribution in [-0.4, -0.2) is 15.7 Å². The van der Waals surface area contributed by atoms with Crippen LogP contribution < -0.4 is 5.32 Å². The quantitative estimate of drug-likeness (QED) is 0.279. The van der Waals surface area contributed by atoms with Crippen molar-refractivity contribution in [3.8, 4) is 5.69 Å². The van der Waals surface area contributed by atoms with E-state index in [9.17, 15) is 4.79 Å². The number of carbonyl (C=O) groups excluding carboxylic acids is 1. The van der Waals surface area contributed by atoms with Crippen LogP contribution in [0.2, 0.25) is 15.1 Å². The van der Waals surface area contributed by atoms with Crippen molar-refractivity contribution in [3.63, 3.8) is 0 Å². The maximum Gasteiger partial charge on any atom is 0.272 e. The highest BCUT2D eigenvalue weighted by atomic mass is 35.5. The average molecular weight is 537 g/mol. The van der Waals surface area contributed by atoms with E-state index in [4.69, 9.17) is 39.9 Å². The molecular formula is C29H24Cl3N3O. The maximum absolute atomic E-state index is 13.5. The van der Waals surface area contributed by atoms with Crippen molar-refractivity contribution in [2.45, 2.75) is 32.2 Å². The monoisotopic (exact) mass is 535 g/mol. The Morgan fingerprint density at radius 2 is 1.69 bits per heavy atom. The molecule has 7 heteroatoms. The van der Waals surface area contributed by atoms with Crippen LogP contribution in [0.4, 0.5) is 0 Å². The van der Waals surface area contributed by atoms with Gasteiger partial charge in [-0.3, -0.25) is 4.79 Å². The van der Waals surface area contributed by atoms with Crippen LogP contribution in [0.3, 0.4) is 0 Å². The zero-order chi connectivity index (χ0) is 25.2. The SMILES string of the molecule is C[C@@H](NC(=O)c1nn(-c2ccc(Cl)cc2Cl)c2c1CCC/C2=C\c1ccc(Cl)cc1)c1ccccc1. The number of fused-ring (bicyclic) bond motifs is 1. The predicted octanol–water partition coefficient (Wildman–Crippen LogP) is 8.20. The summed E-state index contributed by atoms with van der Waals surface area (Å²) in [5.74, 6) is -0.209. The third-order valence-corrected chi connectivity index (χ3v) is 7.16. The number of halogens is 3. The molecule has 0 unspecified atom stereocenters. The fourth-order valence-corrected chi connectivity index (χ4v) is 5.21. The van der Waals surface area contributed by atoms with Gasteiger partial charge in [-0.1, -0.05) is 77.3 Å². The molecule has 5 rings (SSSR count). The lowest BCUT2D eigenvalue weighted by molar-refractivity contribution is 0.0933. The smallest absolute Gasteiger partial charge is 0.272 e. The molecule has 0 fully saturated rings. The van der Waals surface area contributed by atoms with E-state index >= 15 is 0 Å². The zero-order valence-corrected chi connectivity index (χ0v) is 21.9. The van der Waals surface area contributed by atoms with Crippen LogP contribution in [0.5, 0.6) is 0 Å². The molecule has 1 atom stereocenters. The van der Waals surface area contributed by atoms with Gasteiger partial charge in [0.15, 0.2) is 5.69 Å². The van der Waals surface area contributed by atoms with Crippen molar-refractivity contribution in [3.05, 3.63) is 116 Å². The number of amides is 1. The molecule has 0 saturated heterocycles. The van der Waals surface area contributed by atoms with Crippen LogP contribution in [0.15, 0.2) is 72.8 Å². The van der Waals surface area contributed by atoms with Gasteiger partial charge in [0.2, 0.25) is 0 Å². The average Bonchev–Trinajstić information content (AvgIpc) is 3.26. The predicted molar refractivity (Wildman–Crippen MR) is 148 cm³/mol. The summed E-state index contributed by atoms with van der Waals surface area (Å²) in [6.07, 6.45) is 4.65. The number of rotatable bonds is 5. The molecule has 0 spiro atoms. The van der Waals surface area contributed by atoms with Crippen LogP contribution in [0, 0.1) is 0 Å². The molecule has 4 nitrogen and oxygen atoms in total. The van der Waals surface area contributed by atoms with E-state index in [1.165, 1.54) is 0 Å². The van der Waals surface area contributed by atoms with E-state index in [0.717, 1.165) is 47.2 Å². The first-order valence-corrected chi connectivity index (χ1v) is 12.9. The largest absolute Gasteiger partial charge is 0.344 e. The number of carbonyl (C=O) groups is 1. The number of allylic oxidation sites excluding steroid dienone is 1. The van der Waals surface area contributed by atoms with E-state index in [0.29, 0.717) is 26.4 Å². The van der Waals surface area contributed by atoms with E-state index < -0.39 is 0 Å². The second kappa shape index (κ2) is 10.5. The number of benzene rings is 3. The molecule has 1 heterocycles. The molecule has 4 aromatic rings. The van der Waals surface area contributed by atoms with Gasteiger partial charge < -0.3 is 5.32 Å². The van der Waals surface area contributed by atoms with Gasteiger partial charge in [0.05, 0.1) is 22.4 Å². The zero-order valence-electron chi connectivity index (χ0n) is 19.6. The molecule has 1 aliphatic carbocycles. The minimum absolute atomic E-state index is 0.161. The highest BCUT2D eigenvalue weighted by Crippen LogP contribution is 2.38. The number of hydrogen-bond acceptors (Lipinski definition) is 2. The van der Waals surface area contributed by atoms with Gasteiger partial charge in [0, 0.05) is 15.6 Å². The van der Waals surface area contributed by atoms with Crippen molar-refractivity contribution in [2.24, 2.45) is 0 Å². The summed E-state index contributed by atoms with van der Waals surface area (Å²) >= 11 is 18.9. The van der Waals surface area contributed by atoms with Gasteiger partial charge in [-0.15, -0.1) is 0 Å². The number of hydrogen-bond donors (Lipinski definition) is 1. The standard InChI is InChI=1S/C29H24Cl3N3O/c1-18(20-6-3-2-4-7-20)33-29(36)27-24-9-5-8-21(16-19-10-12-22(30)13-11-19)28(24)35(34-27)26-15-14-23(31)17-25(26)32/h2-4,6-7,10-18H,5,8-9H2,1H3,(H,33,36)/b21-16+/t18-/m1/s1. The van der Waals surface area contributed by atoms with Crippen molar-refractivity contribution in [1.29, 1.82) is 0 Å². The fourth-order valence-electron chi connectivity index (χ4n) is 4.59. The van der Waals surface area contributed by atoms with E-state index in [2.05, 4.69) is 11.4 Å². The normalized spacial score (nSPS) is 14.9. The molecule has 1 amide bonds. The molecule has 182 valence electrons. The molecule has 0 bridgehead atoms. The lowest BCUT2D eigenvalue weighted by Crippen LogP contribution is -2.28. The Balaban J connectivity index is 1.61. The first-order valence-electron chi connectivity index (χ1n) is 11.8. The fraction of sp³-hybridized carbons (Fsp3) is 0.172. The van der Waals surface area contributed by atoms with Crippen molar-refractivity contribution in [1.82, 2.24) is 15.1 Å². The Bertz CT molecular complexity index is 1440. The van der Waals surface area contributed by atoms with Gasteiger partial charge in [-0.05, 0) is 79.3 Å². The number of nitrogens with zero attached hydrogens (tertiary/aromatic N) is 2. The molecule has 3 aromatic carbocycles. The van der Waals surface area contributed by atoms with Gasteiger partial charge in [-0.2, -0.15) is 5.10 Å². The van der Waals surface area contributed by atoms with E-state index in [1.54, 1.807) is 16.8 Å². The Labute approximate surface area is 225 Å². The van der Waals surface area contributed by atoms with Gasteiger partial charge in [0.1, 0.15) is 0 Å². The van der Waals surface area contributed by atoms with Crippen molar-refractivity contribution in [2.75, 3.05) is 0 Å². The van der Waals surface area contributed by atoms with Gasteiger partial charge >= 0.3 is 0 Å². The first-order chi connectivity index (χ1) is 17.4. The molecular weight excluding hydrogens is 513 g/mol. The lowest BCUT2D eigenvalue weighted by atomic mass is 9.89. The van der Waals surface area contributed by atoms with Gasteiger partial charge in [-0.25, -0.2) is 4.68 Å². The summed E-state index contributed by atoms with van der Waals surface area (Å²) in [5, 5.41) is 9.63. The third-order valence-electron chi connectivity index (χ3n) is 6.37. The van der Waals surface area contributed by atoms with Crippen LogP contribution in [0.25, 0.3) is 17.3 Å². The summed E-state index contributed by atoms with van der Waals surface area (Å²) in [5.41, 5.74) is 6.07. The van der Waals surface area contributed by atoms with Crippen molar-refractivity contribution >= 4 is 52.4 Å². The topological polar surface area (TPSA) is 46.9 Å². The first kappa shape index (κ1) is 24.6. The summed E-state index contributed by atoms with van der Waals surface area (Å²) in [6, 6.07) is 22.7. The Morgan fingerprint density at radius 1 is 0.972 bits per heavy atom. The summed E-state index contributed by atoms with van der Waals surface area (Å²) in [7, 11) is 0. The van der Waals surface area contributed by atoms with Crippen LogP contribution in [0.1, 0.15) is 58.7 Å². The molecule has 1 aliphatic rings. The number of aromatic nitrogens is 2. The molecule has 0 radical (unpaired) electrons. The molecule has 0 saturated carbocycles. The second-order valence-corrected chi connectivity index (χ2v) is 10.1. The van der Waals surface area contributed by atoms with E-state index in [-0.39, 0.29) is 11.9 Å². The summed E-state index contributed by atoms with van der Waals surface area (Å²) in [4.78, 5) is 13.5. The minimum Gasteiger partial charge on any atom is -0.344 e. The summed E-state index contributed by atoms with van der Waals surface area (Å²) in [6.45, 7) is 1.97. The van der Waals surface area contributed by atoms with Gasteiger partial charge in [0.25, 0.3) is 5.91 Å². The Kier molecular flexibility index (Phi) is 7.20. The molecule has 36 heavy (non-hydrogen) atoms. The maximum atomic E-state index is 13.5. The Hall–Kier alpha value is -3.05. The minimum atomic E-state index is -0.209. The van der Waals surface area contributed by atoms with Crippen LogP contribution in [-0.2, 0) is 6.42 Å². The highest BCUT2D eigenvalue weighted by molar-refractivity contribution is 6.35. The molecule has 1 aromatic heterocycles. The summed E-state index contributed by atoms with van der Waals surface area (Å²) < 4.78 is 1.79. The second-order valence-electron chi connectivity index (χ2n) is 8.86. The molecule has 0 aliphatic heterocycles. The van der Waals surface area contributed by atoms with E-state index in [1.807, 2.05) is 67.6 Å². The highest BCUT2D eigenvalue weighted by Gasteiger charge is 2.29. The third kappa shape index (κ3) is 5.08.